The maximum absolute atomic E-state index is 12.4. The molecule has 0 bridgehead atoms. The normalized spacial score (nSPS) is 14.2. The van der Waals surface area contributed by atoms with Crippen LogP contribution in [0.2, 0.25) is 0 Å². The van der Waals surface area contributed by atoms with E-state index in [1.807, 2.05) is 38.1 Å². The van der Waals surface area contributed by atoms with Gasteiger partial charge in [-0.2, -0.15) is 0 Å². The summed E-state index contributed by atoms with van der Waals surface area (Å²) < 4.78 is 12.8. The summed E-state index contributed by atoms with van der Waals surface area (Å²) in [5.41, 5.74) is 5.57. The zero-order valence-electron chi connectivity index (χ0n) is 21.9. The summed E-state index contributed by atoms with van der Waals surface area (Å²) in [7, 11) is 0. The predicted molar refractivity (Wildman–Crippen MR) is 145 cm³/mol. The number of aryl methyl sites for hydroxylation is 2. The fourth-order valence-corrected chi connectivity index (χ4v) is 6.13. The van der Waals surface area contributed by atoms with Crippen molar-refractivity contribution < 1.29 is 48.9 Å². The Bertz CT molecular complexity index is 1660. The summed E-state index contributed by atoms with van der Waals surface area (Å²) in [4.78, 5) is 18.3. The number of carboxylic acid groups (broad SMARTS) is 1. The van der Waals surface area contributed by atoms with E-state index in [-0.39, 0.29) is 41.2 Å². The molecule has 7 heteroatoms. The SMILES string of the molecule is Cc1c(-c2cc(C(=O)[O-])c3c(O[C@H](C)c4ccc(C5COC5)cc4)ccc(C)c3n2)sc2ccccc12.[Na+]. The maximum atomic E-state index is 12.4. The predicted octanol–water partition coefficient (Wildman–Crippen LogP) is 3.35. The quantitative estimate of drug-likeness (QED) is 0.315. The van der Waals surface area contributed by atoms with E-state index in [1.54, 1.807) is 17.4 Å². The van der Waals surface area contributed by atoms with Gasteiger partial charge in [0.05, 0.1) is 40.7 Å². The Morgan fingerprint density at radius 1 is 1.08 bits per heavy atom. The molecule has 5 aromatic rings. The van der Waals surface area contributed by atoms with Gasteiger partial charge in [0, 0.05) is 16.2 Å². The minimum absolute atomic E-state index is 0. The molecule has 1 aliphatic rings. The van der Waals surface area contributed by atoms with Crippen molar-refractivity contribution in [2.45, 2.75) is 32.8 Å². The first kappa shape index (κ1) is 26.9. The van der Waals surface area contributed by atoms with E-state index >= 15 is 0 Å². The van der Waals surface area contributed by atoms with E-state index in [4.69, 9.17) is 14.5 Å². The number of carboxylic acids is 1. The van der Waals surface area contributed by atoms with E-state index in [2.05, 4.69) is 43.3 Å². The van der Waals surface area contributed by atoms with Gasteiger partial charge in [0.2, 0.25) is 0 Å². The molecule has 1 atom stereocenters. The van der Waals surface area contributed by atoms with E-state index in [0.717, 1.165) is 44.9 Å². The van der Waals surface area contributed by atoms with Crippen molar-refractivity contribution in [3.63, 3.8) is 0 Å². The largest absolute Gasteiger partial charge is 1.00 e. The van der Waals surface area contributed by atoms with Crippen LogP contribution in [0.25, 0.3) is 31.6 Å². The molecule has 0 spiro atoms. The number of hydrogen-bond donors (Lipinski definition) is 0. The zero-order valence-corrected chi connectivity index (χ0v) is 24.7. The molecular weight excluding hydrogens is 505 g/mol. The third-order valence-corrected chi connectivity index (χ3v) is 8.53. The molecule has 1 fully saturated rings. The van der Waals surface area contributed by atoms with Crippen LogP contribution in [0.4, 0.5) is 0 Å². The molecule has 2 aromatic heterocycles. The molecule has 0 saturated carbocycles. The van der Waals surface area contributed by atoms with Gasteiger partial charge in [0.25, 0.3) is 0 Å². The Morgan fingerprint density at radius 3 is 2.47 bits per heavy atom. The molecule has 0 radical (unpaired) electrons. The number of nitrogens with zero attached hydrogens (tertiary/aromatic N) is 1. The van der Waals surface area contributed by atoms with Crippen molar-refractivity contribution in [1.29, 1.82) is 0 Å². The van der Waals surface area contributed by atoms with Crippen molar-refractivity contribution >= 4 is 38.3 Å². The minimum atomic E-state index is -1.25. The molecule has 3 heterocycles. The third kappa shape index (κ3) is 4.76. The summed E-state index contributed by atoms with van der Waals surface area (Å²) in [6, 6.07) is 21.9. The zero-order chi connectivity index (χ0) is 25.7. The first-order chi connectivity index (χ1) is 17.9. The van der Waals surface area contributed by atoms with Crippen molar-refractivity contribution in [3.05, 3.63) is 94.5 Å². The molecule has 6 rings (SSSR count). The number of aromatic carboxylic acids is 1. The van der Waals surface area contributed by atoms with Crippen molar-refractivity contribution in [2.24, 2.45) is 0 Å². The Balaban J connectivity index is 0.00000294. The monoisotopic (exact) mass is 531 g/mol. The van der Waals surface area contributed by atoms with E-state index in [1.165, 1.54) is 5.56 Å². The first-order valence-corrected chi connectivity index (χ1v) is 13.2. The van der Waals surface area contributed by atoms with Gasteiger partial charge in [0.1, 0.15) is 11.9 Å². The van der Waals surface area contributed by atoms with E-state index in [9.17, 15) is 9.90 Å². The Morgan fingerprint density at radius 2 is 1.82 bits per heavy atom. The summed E-state index contributed by atoms with van der Waals surface area (Å²) in [5.74, 6) is -0.305. The van der Waals surface area contributed by atoms with Gasteiger partial charge in [-0.1, -0.05) is 48.5 Å². The molecule has 1 saturated heterocycles. The van der Waals surface area contributed by atoms with Crippen LogP contribution in [0.5, 0.6) is 5.75 Å². The standard InChI is InChI=1S/C31H27NO4S.Na/c1-17-8-13-26(36-19(3)20-9-11-21(12-10-20)22-15-35-16-22)28-24(31(33)34)14-25(32-29(17)28)30-18(2)23-6-4-5-7-27(23)37-30;/h4-14,19,22H,15-16H2,1-3H3,(H,33,34);/q;+1/p-1/t19-;/m1./s1. The second-order valence-corrected chi connectivity index (χ2v) is 10.7. The van der Waals surface area contributed by atoms with Crippen LogP contribution in [0.15, 0.2) is 66.7 Å². The fourth-order valence-electron chi connectivity index (χ4n) is 4.96. The number of benzene rings is 3. The number of pyridine rings is 1. The molecule has 0 amide bonds. The Kier molecular flexibility index (Phi) is 7.63. The number of carbonyl (C=O) groups excluding carboxylic acids is 1. The van der Waals surface area contributed by atoms with Crippen LogP contribution in [0, 0.1) is 13.8 Å². The van der Waals surface area contributed by atoms with E-state index < -0.39 is 5.97 Å². The van der Waals surface area contributed by atoms with Crippen LogP contribution in [-0.4, -0.2) is 24.2 Å². The van der Waals surface area contributed by atoms with Crippen LogP contribution in [0.1, 0.15) is 51.6 Å². The molecule has 5 nitrogen and oxygen atoms in total. The van der Waals surface area contributed by atoms with Gasteiger partial charge in [-0.3, -0.25) is 0 Å². The number of rotatable bonds is 6. The number of fused-ring (bicyclic) bond motifs is 2. The van der Waals surface area contributed by atoms with Gasteiger partial charge in [-0.05, 0) is 66.6 Å². The smallest absolute Gasteiger partial charge is 0.545 e. The number of hydrogen-bond acceptors (Lipinski definition) is 6. The molecule has 1 aliphatic heterocycles. The summed E-state index contributed by atoms with van der Waals surface area (Å²) in [5, 5.41) is 14.0. The van der Waals surface area contributed by atoms with Gasteiger partial charge >= 0.3 is 29.6 Å². The van der Waals surface area contributed by atoms with Crippen LogP contribution >= 0.6 is 11.3 Å². The van der Waals surface area contributed by atoms with Gasteiger partial charge in [-0.15, -0.1) is 11.3 Å². The third-order valence-electron chi connectivity index (χ3n) is 7.24. The maximum Gasteiger partial charge on any atom is 1.00 e. The molecule has 0 N–H and O–H groups in total. The van der Waals surface area contributed by atoms with Gasteiger partial charge in [-0.25, -0.2) is 4.98 Å². The van der Waals surface area contributed by atoms with Crippen LogP contribution in [-0.2, 0) is 4.74 Å². The number of carbonyl (C=O) groups is 1. The van der Waals surface area contributed by atoms with Crippen LogP contribution < -0.4 is 39.4 Å². The second-order valence-electron chi connectivity index (χ2n) is 9.66. The fraction of sp³-hybridized carbons (Fsp3) is 0.226. The topological polar surface area (TPSA) is 71.5 Å². The van der Waals surface area contributed by atoms with Gasteiger partial charge in [0.15, 0.2) is 0 Å². The second kappa shape index (κ2) is 10.8. The summed E-state index contributed by atoms with van der Waals surface area (Å²) >= 11 is 1.62. The van der Waals surface area contributed by atoms with E-state index in [0.29, 0.717) is 28.3 Å². The molecule has 0 aliphatic carbocycles. The van der Waals surface area contributed by atoms with Crippen molar-refractivity contribution in [2.75, 3.05) is 13.2 Å². The van der Waals surface area contributed by atoms with Crippen molar-refractivity contribution in [3.8, 4) is 16.3 Å². The molecular formula is C31H26NNaO4S. The minimum Gasteiger partial charge on any atom is -0.545 e. The summed E-state index contributed by atoms with van der Waals surface area (Å²) in [6.45, 7) is 7.49. The van der Waals surface area contributed by atoms with Crippen molar-refractivity contribution in [1.82, 2.24) is 4.98 Å². The molecule has 38 heavy (non-hydrogen) atoms. The Hall–Kier alpha value is -2.74. The first-order valence-electron chi connectivity index (χ1n) is 12.4. The van der Waals surface area contributed by atoms with Gasteiger partial charge < -0.3 is 19.4 Å². The molecule has 186 valence electrons. The average molecular weight is 532 g/mol. The number of thiophene rings is 1. The average Bonchev–Trinajstić information content (AvgIpc) is 3.21. The van der Waals surface area contributed by atoms with Crippen LogP contribution in [0.3, 0.4) is 0 Å². The molecule has 3 aromatic carbocycles. The number of aromatic nitrogens is 1. The number of ether oxygens (including phenoxy) is 2. The Labute approximate surface area is 247 Å². The molecule has 0 unspecified atom stereocenters. The summed E-state index contributed by atoms with van der Waals surface area (Å²) in [6.07, 6.45) is -0.281.